The van der Waals surface area contributed by atoms with Crippen molar-refractivity contribution < 1.29 is 14.3 Å². The molecule has 1 saturated carbocycles. The molecule has 5 atom stereocenters. The van der Waals surface area contributed by atoms with E-state index in [0.717, 1.165) is 12.0 Å². The molecule has 0 aromatic rings. The maximum absolute atomic E-state index is 12.9. The van der Waals surface area contributed by atoms with Crippen molar-refractivity contribution in [1.82, 2.24) is 0 Å². The van der Waals surface area contributed by atoms with Crippen molar-refractivity contribution in [2.45, 2.75) is 65.1 Å². The molecule has 2 fully saturated rings. The SMILES string of the molecule is CC1=CCC23OC4(C[C@]2(C)C(=O)C=C3C(C)C)[C@H](C)C(=O)C[C@@H]14. The van der Waals surface area contributed by atoms with E-state index in [1.807, 2.05) is 13.0 Å². The highest BCUT2D eigenvalue weighted by Gasteiger charge is 2.74. The van der Waals surface area contributed by atoms with Crippen molar-refractivity contribution in [2.75, 3.05) is 0 Å². The average Bonchev–Trinajstić information content (AvgIpc) is 2.92. The van der Waals surface area contributed by atoms with Crippen LogP contribution in [0.15, 0.2) is 23.3 Å². The summed E-state index contributed by atoms with van der Waals surface area (Å²) in [5.41, 5.74) is 0.823. The Morgan fingerprint density at radius 2 is 2.00 bits per heavy atom. The third-order valence-corrected chi connectivity index (χ3v) is 7.28. The normalized spacial score (nSPS) is 48.3. The van der Waals surface area contributed by atoms with Gasteiger partial charge in [0.05, 0.1) is 11.0 Å². The monoisotopic (exact) mass is 314 g/mol. The molecule has 0 amide bonds. The van der Waals surface area contributed by atoms with Crippen molar-refractivity contribution in [3.05, 3.63) is 23.3 Å². The molecule has 2 spiro atoms. The van der Waals surface area contributed by atoms with Gasteiger partial charge in [-0.05, 0) is 44.3 Å². The van der Waals surface area contributed by atoms with E-state index in [4.69, 9.17) is 4.74 Å². The van der Waals surface area contributed by atoms with E-state index < -0.39 is 16.6 Å². The summed E-state index contributed by atoms with van der Waals surface area (Å²) in [4.78, 5) is 25.4. The molecule has 2 aliphatic heterocycles. The van der Waals surface area contributed by atoms with Gasteiger partial charge in [-0.2, -0.15) is 0 Å². The summed E-state index contributed by atoms with van der Waals surface area (Å²) in [5.74, 6) is 0.748. The number of ether oxygens (including phenoxy) is 1. The van der Waals surface area contributed by atoms with Crippen LogP contribution < -0.4 is 0 Å². The number of ketones is 2. The quantitative estimate of drug-likeness (QED) is 0.694. The zero-order valence-electron chi connectivity index (χ0n) is 14.7. The van der Waals surface area contributed by atoms with Crippen LogP contribution in [0.25, 0.3) is 0 Å². The minimum Gasteiger partial charge on any atom is -0.361 e. The van der Waals surface area contributed by atoms with E-state index in [1.54, 1.807) is 0 Å². The molecule has 2 heterocycles. The van der Waals surface area contributed by atoms with Crippen LogP contribution in [0.3, 0.4) is 0 Å². The molecular weight excluding hydrogens is 288 g/mol. The molecule has 3 heteroatoms. The summed E-state index contributed by atoms with van der Waals surface area (Å²) in [6.07, 6.45) is 6.07. The highest BCUT2D eigenvalue weighted by molar-refractivity contribution is 6.01. The Bertz CT molecular complexity index is 685. The van der Waals surface area contributed by atoms with Gasteiger partial charge in [0, 0.05) is 18.3 Å². The standard InChI is InChI=1S/C20H26O3/c1-11(2)14-9-17(22)18(5)10-19-13(4)16(21)8-15(19)12(3)6-7-20(14,18)23-19/h6,9,11,13,15H,7-8,10H2,1-5H3/t13-,15+,18-,19?,20?/m1/s1. The third-order valence-electron chi connectivity index (χ3n) is 7.28. The van der Waals surface area contributed by atoms with Gasteiger partial charge in [-0.25, -0.2) is 0 Å². The van der Waals surface area contributed by atoms with Gasteiger partial charge in [-0.1, -0.05) is 32.4 Å². The van der Waals surface area contributed by atoms with E-state index in [2.05, 4.69) is 33.8 Å². The first-order valence-electron chi connectivity index (χ1n) is 8.84. The number of Topliss-reactive ketones (excluding diaryl/α,β-unsaturated/α-hetero) is 1. The van der Waals surface area contributed by atoms with E-state index >= 15 is 0 Å². The molecule has 2 unspecified atom stereocenters. The van der Waals surface area contributed by atoms with Crippen LogP contribution in [-0.4, -0.2) is 22.8 Å². The molecule has 2 aliphatic carbocycles. The third kappa shape index (κ3) is 1.51. The second-order valence-corrected chi connectivity index (χ2v) is 8.61. The molecule has 0 radical (unpaired) electrons. The van der Waals surface area contributed by atoms with Gasteiger partial charge in [0.25, 0.3) is 0 Å². The number of hydrogen-bond donors (Lipinski definition) is 0. The van der Waals surface area contributed by atoms with Crippen LogP contribution in [0, 0.1) is 23.2 Å². The Kier molecular flexibility index (Phi) is 2.82. The minimum atomic E-state index is -0.548. The lowest BCUT2D eigenvalue weighted by Crippen LogP contribution is -2.45. The van der Waals surface area contributed by atoms with Crippen LogP contribution in [-0.2, 0) is 14.3 Å². The molecule has 124 valence electrons. The molecule has 3 nitrogen and oxygen atoms in total. The van der Waals surface area contributed by atoms with Gasteiger partial charge >= 0.3 is 0 Å². The van der Waals surface area contributed by atoms with Crippen LogP contribution >= 0.6 is 0 Å². The molecule has 2 bridgehead atoms. The van der Waals surface area contributed by atoms with Gasteiger partial charge < -0.3 is 4.74 Å². The van der Waals surface area contributed by atoms with Gasteiger partial charge in [0.15, 0.2) is 5.78 Å². The van der Waals surface area contributed by atoms with Crippen LogP contribution in [0.2, 0.25) is 0 Å². The zero-order valence-corrected chi connectivity index (χ0v) is 14.7. The van der Waals surface area contributed by atoms with Crippen molar-refractivity contribution in [2.24, 2.45) is 23.2 Å². The molecule has 23 heavy (non-hydrogen) atoms. The lowest BCUT2D eigenvalue weighted by atomic mass is 9.63. The van der Waals surface area contributed by atoms with Crippen LogP contribution in [0.5, 0.6) is 0 Å². The summed E-state index contributed by atoms with van der Waals surface area (Å²) in [5, 5.41) is 0. The molecule has 4 rings (SSSR count). The second-order valence-electron chi connectivity index (χ2n) is 8.61. The average molecular weight is 314 g/mol. The van der Waals surface area contributed by atoms with E-state index in [1.165, 1.54) is 5.57 Å². The lowest BCUT2D eigenvalue weighted by molar-refractivity contribution is -0.142. The topological polar surface area (TPSA) is 43.4 Å². The summed E-state index contributed by atoms with van der Waals surface area (Å²) < 4.78 is 6.88. The molecule has 4 aliphatic rings. The van der Waals surface area contributed by atoms with Gasteiger partial charge in [-0.15, -0.1) is 0 Å². The maximum Gasteiger partial charge on any atom is 0.164 e. The van der Waals surface area contributed by atoms with Crippen LogP contribution in [0.4, 0.5) is 0 Å². The minimum absolute atomic E-state index is 0.130. The smallest absolute Gasteiger partial charge is 0.164 e. The predicted molar refractivity (Wildman–Crippen MR) is 87.9 cm³/mol. The Balaban J connectivity index is 1.96. The van der Waals surface area contributed by atoms with Gasteiger partial charge in [0.2, 0.25) is 0 Å². The fraction of sp³-hybridized carbons (Fsp3) is 0.700. The fourth-order valence-corrected chi connectivity index (χ4v) is 5.82. The van der Waals surface area contributed by atoms with E-state index in [-0.39, 0.29) is 29.3 Å². The molecular formula is C20H26O3. The summed E-state index contributed by atoms with van der Waals surface area (Å²) in [6, 6.07) is 0. The number of hydrogen-bond acceptors (Lipinski definition) is 3. The number of allylic oxidation sites excluding steroid dienone is 1. The fourth-order valence-electron chi connectivity index (χ4n) is 5.82. The second kappa shape index (κ2) is 4.24. The van der Waals surface area contributed by atoms with Crippen molar-refractivity contribution in [3.63, 3.8) is 0 Å². The lowest BCUT2D eigenvalue weighted by Gasteiger charge is -2.39. The van der Waals surface area contributed by atoms with Crippen molar-refractivity contribution in [1.29, 1.82) is 0 Å². The largest absolute Gasteiger partial charge is 0.361 e. The first-order chi connectivity index (χ1) is 10.7. The number of carbonyl (C=O) groups excluding carboxylic acids is 2. The van der Waals surface area contributed by atoms with Crippen molar-refractivity contribution in [3.8, 4) is 0 Å². The van der Waals surface area contributed by atoms with Crippen LogP contribution in [0.1, 0.15) is 53.9 Å². The maximum atomic E-state index is 12.9. The highest BCUT2D eigenvalue weighted by atomic mass is 16.5. The van der Waals surface area contributed by atoms with Crippen molar-refractivity contribution >= 4 is 11.6 Å². The highest BCUT2D eigenvalue weighted by Crippen LogP contribution is 2.68. The van der Waals surface area contributed by atoms with Gasteiger partial charge in [-0.3, -0.25) is 9.59 Å². The Labute approximate surface area is 138 Å². The summed E-state index contributed by atoms with van der Waals surface area (Å²) in [6.45, 7) is 10.5. The Morgan fingerprint density at radius 1 is 1.30 bits per heavy atom. The van der Waals surface area contributed by atoms with E-state index in [9.17, 15) is 9.59 Å². The first-order valence-corrected chi connectivity index (χ1v) is 8.84. The first kappa shape index (κ1) is 15.3. The molecule has 0 aromatic carbocycles. The summed E-state index contributed by atoms with van der Waals surface area (Å²) >= 11 is 0. The number of carbonyl (C=O) groups is 2. The summed E-state index contributed by atoms with van der Waals surface area (Å²) in [7, 11) is 0. The van der Waals surface area contributed by atoms with Gasteiger partial charge in [0.1, 0.15) is 11.4 Å². The molecule has 0 aromatic heterocycles. The zero-order chi connectivity index (χ0) is 16.8. The Morgan fingerprint density at radius 3 is 2.65 bits per heavy atom. The molecule has 0 N–H and O–H groups in total. The number of rotatable bonds is 1. The molecule has 1 saturated heterocycles. The predicted octanol–water partition coefficient (Wildman–Crippen LogP) is 3.63. The van der Waals surface area contributed by atoms with E-state index in [0.29, 0.717) is 12.8 Å². The Hall–Kier alpha value is -1.22.